The molecule has 1 fully saturated rings. The van der Waals surface area contributed by atoms with Gasteiger partial charge in [0.25, 0.3) is 0 Å². The molecule has 0 saturated carbocycles. The van der Waals surface area contributed by atoms with E-state index in [1.54, 1.807) is 12.1 Å². The first-order valence-corrected chi connectivity index (χ1v) is 9.07. The van der Waals surface area contributed by atoms with Crippen LogP contribution in [0.25, 0.3) is 0 Å². The highest BCUT2D eigenvalue weighted by Crippen LogP contribution is 2.24. The number of aromatic hydroxyl groups is 1. The number of phenolic OH excluding ortho intramolecular Hbond substituents is 1. The van der Waals surface area contributed by atoms with Gasteiger partial charge in [0.1, 0.15) is 11.8 Å². The van der Waals surface area contributed by atoms with Crippen LogP contribution in [0.5, 0.6) is 5.75 Å². The summed E-state index contributed by atoms with van der Waals surface area (Å²) in [6.07, 6.45) is 0.236. The fourth-order valence-electron chi connectivity index (χ4n) is 2.86. The molecule has 9 heteroatoms. The van der Waals surface area contributed by atoms with E-state index in [9.17, 15) is 23.1 Å². The third-order valence-corrected chi connectivity index (χ3v) is 4.86. The number of hydrogen-bond donors (Lipinski definition) is 2. The van der Waals surface area contributed by atoms with Crippen LogP contribution >= 0.6 is 0 Å². The second-order valence-electron chi connectivity index (χ2n) is 5.86. The number of carbonyl (C=O) groups excluding carboxylic acids is 2. The lowest BCUT2D eigenvalue weighted by Crippen LogP contribution is -2.44. The number of nitrogens with zero attached hydrogens (tertiary/aromatic N) is 1. The van der Waals surface area contributed by atoms with Gasteiger partial charge in [-0.1, -0.05) is 12.1 Å². The third-order valence-electron chi connectivity index (χ3n) is 3.92. The van der Waals surface area contributed by atoms with E-state index in [2.05, 4.69) is 0 Å². The number of likely N-dealkylation sites (tertiary alicyclic amines) is 1. The van der Waals surface area contributed by atoms with Crippen molar-refractivity contribution >= 4 is 21.9 Å². The number of hydrogen-bond acceptors (Lipinski definition) is 6. The number of methoxy groups -OCH3 is 1. The third kappa shape index (κ3) is 4.68. The molecule has 3 N–H and O–H groups in total. The van der Waals surface area contributed by atoms with Gasteiger partial charge in [0.15, 0.2) is 0 Å². The van der Waals surface area contributed by atoms with Crippen LogP contribution in [0, 0.1) is 5.92 Å². The quantitative estimate of drug-likeness (QED) is 0.669. The highest BCUT2D eigenvalue weighted by Gasteiger charge is 2.39. The predicted molar refractivity (Wildman–Crippen MR) is 85.4 cm³/mol. The van der Waals surface area contributed by atoms with Gasteiger partial charge in [-0.2, -0.15) is 0 Å². The fraction of sp³-hybridized carbons (Fsp3) is 0.467. The molecule has 0 spiro atoms. The smallest absolute Gasteiger partial charge is 0.328 e. The first-order valence-electron chi connectivity index (χ1n) is 7.35. The van der Waals surface area contributed by atoms with Crippen molar-refractivity contribution in [2.45, 2.75) is 18.9 Å². The van der Waals surface area contributed by atoms with Crippen LogP contribution < -0.4 is 5.14 Å². The topological polar surface area (TPSA) is 127 Å². The highest BCUT2D eigenvalue weighted by molar-refractivity contribution is 7.89. The number of benzene rings is 1. The summed E-state index contributed by atoms with van der Waals surface area (Å²) in [5.74, 6) is -1.54. The van der Waals surface area contributed by atoms with Crippen LogP contribution in [0.15, 0.2) is 24.3 Å². The van der Waals surface area contributed by atoms with Crippen LogP contribution in [-0.4, -0.2) is 55.7 Å². The molecule has 1 aromatic carbocycles. The second-order valence-corrected chi connectivity index (χ2v) is 7.51. The zero-order chi connectivity index (χ0) is 17.9. The Labute approximate surface area is 140 Å². The molecule has 1 heterocycles. The summed E-state index contributed by atoms with van der Waals surface area (Å²) in [5.41, 5.74) is 0.742. The van der Waals surface area contributed by atoms with Crippen molar-refractivity contribution in [2.24, 2.45) is 11.1 Å². The fourth-order valence-corrected chi connectivity index (χ4v) is 3.74. The number of phenols is 1. The van der Waals surface area contributed by atoms with Crippen molar-refractivity contribution in [1.82, 2.24) is 4.90 Å². The van der Waals surface area contributed by atoms with Crippen LogP contribution in [0.3, 0.4) is 0 Å². The molecule has 1 aliphatic heterocycles. The average molecular weight is 356 g/mol. The minimum absolute atomic E-state index is 0.0273. The highest BCUT2D eigenvalue weighted by atomic mass is 32.2. The van der Waals surface area contributed by atoms with Gasteiger partial charge in [-0.3, -0.25) is 4.79 Å². The lowest BCUT2D eigenvalue weighted by molar-refractivity contribution is -0.151. The summed E-state index contributed by atoms with van der Waals surface area (Å²) in [6, 6.07) is 5.41. The molecular formula is C15H20N2O6S. The Bertz CT molecular complexity index is 716. The predicted octanol–water partition coefficient (Wildman–Crippen LogP) is -0.387. The van der Waals surface area contributed by atoms with E-state index < -0.39 is 28.0 Å². The van der Waals surface area contributed by atoms with Gasteiger partial charge in [-0.05, 0) is 17.7 Å². The molecule has 8 nitrogen and oxygen atoms in total. The minimum Gasteiger partial charge on any atom is -0.508 e. The Morgan fingerprint density at radius 3 is 2.58 bits per heavy atom. The van der Waals surface area contributed by atoms with Crippen molar-refractivity contribution in [3.8, 4) is 5.75 Å². The van der Waals surface area contributed by atoms with E-state index >= 15 is 0 Å². The minimum atomic E-state index is -3.69. The molecule has 2 rings (SSSR count). The van der Waals surface area contributed by atoms with Crippen molar-refractivity contribution < 1.29 is 27.9 Å². The molecule has 1 saturated heterocycles. The molecule has 0 aromatic heterocycles. The van der Waals surface area contributed by atoms with E-state index in [4.69, 9.17) is 9.88 Å². The van der Waals surface area contributed by atoms with Crippen LogP contribution in [0.1, 0.15) is 12.0 Å². The Kier molecular flexibility index (Phi) is 5.45. The molecule has 1 aromatic rings. The summed E-state index contributed by atoms with van der Waals surface area (Å²) in [7, 11) is -2.46. The van der Waals surface area contributed by atoms with E-state index in [0.717, 1.165) is 5.56 Å². The summed E-state index contributed by atoms with van der Waals surface area (Å²) in [4.78, 5) is 25.7. The summed E-state index contributed by atoms with van der Waals surface area (Å²) in [6.45, 7) is 0.132. The number of carbonyl (C=O) groups is 2. The SMILES string of the molecule is COC(=O)[C@H](Cc1ccc(O)cc1)N1CC(CS(N)(=O)=O)CC1=O. The Morgan fingerprint density at radius 2 is 2.04 bits per heavy atom. The molecule has 2 atom stereocenters. The largest absolute Gasteiger partial charge is 0.508 e. The van der Waals surface area contributed by atoms with Crippen LogP contribution in [-0.2, 0) is 30.8 Å². The molecule has 132 valence electrons. The molecule has 1 unspecified atom stereocenters. The van der Waals surface area contributed by atoms with Gasteiger partial charge >= 0.3 is 5.97 Å². The molecule has 0 aliphatic carbocycles. The lowest BCUT2D eigenvalue weighted by Gasteiger charge is -2.26. The number of esters is 1. The maximum atomic E-state index is 12.2. The maximum Gasteiger partial charge on any atom is 0.328 e. The van der Waals surface area contributed by atoms with E-state index in [1.807, 2.05) is 0 Å². The number of ether oxygens (including phenoxy) is 1. The van der Waals surface area contributed by atoms with Crippen molar-refractivity contribution in [3.05, 3.63) is 29.8 Å². The van der Waals surface area contributed by atoms with Gasteiger partial charge in [-0.15, -0.1) is 0 Å². The summed E-state index contributed by atoms with van der Waals surface area (Å²) in [5, 5.41) is 14.4. The zero-order valence-electron chi connectivity index (χ0n) is 13.2. The maximum absolute atomic E-state index is 12.2. The lowest BCUT2D eigenvalue weighted by atomic mass is 10.0. The zero-order valence-corrected chi connectivity index (χ0v) is 14.0. The molecule has 0 bridgehead atoms. The monoisotopic (exact) mass is 356 g/mol. The van der Waals surface area contributed by atoms with Gasteiger partial charge < -0.3 is 14.7 Å². The second kappa shape index (κ2) is 7.18. The summed E-state index contributed by atoms with van der Waals surface area (Å²) < 4.78 is 27.2. The van der Waals surface area contributed by atoms with E-state index in [0.29, 0.717) is 0 Å². The van der Waals surface area contributed by atoms with Crippen molar-refractivity contribution in [3.63, 3.8) is 0 Å². The number of primary sulfonamides is 1. The number of amides is 1. The molecular weight excluding hydrogens is 336 g/mol. The first kappa shape index (κ1) is 18.2. The Hall–Kier alpha value is -2.13. The van der Waals surface area contributed by atoms with Gasteiger partial charge in [0.2, 0.25) is 15.9 Å². The van der Waals surface area contributed by atoms with Crippen molar-refractivity contribution in [1.29, 1.82) is 0 Å². The van der Waals surface area contributed by atoms with Crippen molar-refractivity contribution in [2.75, 3.05) is 19.4 Å². The Balaban J connectivity index is 2.17. The number of nitrogens with two attached hydrogens (primary N) is 1. The molecule has 0 radical (unpaired) electrons. The Morgan fingerprint density at radius 1 is 1.42 bits per heavy atom. The van der Waals surface area contributed by atoms with Gasteiger partial charge in [0, 0.05) is 25.3 Å². The molecule has 1 amide bonds. The van der Waals surface area contributed by atoms with Gasteiger partial charge in [-0.25, -0.2) is 18.4 Å². The standard InChI is InChI=1S/C15H20N2O6S/c1-23-15(20)13(6-10-2-4-12(18)5-3-10)17-8-11(7-14(17)19)9-24(16,21)22/h2-5,11,13,18H,6-9H2,1H3,(H2,16,21,22)/t11?,13-/m0/s1. The van der Waals surface area contributed by atoms with Crippen LogP contribution in [0.2, 0.25) is 0 Å². The van der Waals surface area contributed by atoms with E-state index in [-0.39, 0.29) is 36.8 Å². The molecule has 24 heavy (non-hydrogen) atoms. The van der Waals surface area contributed by atoms with E-state index in [1.165, 1.54) is 24.1 Å². The van der Waals surface area contributed by atoms with Crippen LogP contribution in [0.4, 0.5) is 0 Å². The average Bonchev–Trinajstić information content (AvgIpc) is 2.84. The number of rotatable bonds is 6. The number of sulfonamides is 1. The molecule has 1 aliphatic rings. The van der Waals surface area contributed by atoms with Gasteiger partial charge in [0.05, 0.1) is 12.9 Å². The normalized spacial score (nSPS) is 19.3. The first-order chi connectivity index (χ1) is 11.2. The summed E-state index contributed by atoms with van der Waals surface area (Å²) >= 11 is 0.